The first-order valence-electron chi connectivity index (χ1n) is 39.4. The molecule has 4 aromatic heterocycles. The number of sulfonamides is 1. The molecule has 4 aliphatic heterocycles. The molecule has 0 bridgehead atoms. The van der Waals surface area contributed by atoms with Gasteiger partial charge in [0.15, 0.2) is 45.5 Å². The van der Waals surface area contributed by atoms with E-state index in [4.69, 9.17) is 29.3 Å². The molecule has 4 aliphatic rings. The van der Waals surface area contributed by atoms with Gasteiger partial charge >= 0.3 is 35.6 Å². The van der Waals surface area contributed by atoms with Crippen molar-refractivity contribution in [3.63, 3.8) is 0 Å². The number of alkyl halides is 6. The Morgan fingerprint density at radius 3 is 1.04 bits per heavy atom. The van der Waals surface area contributed by atoms with Crippen LogP contribution >= 0.6 is 11.6 Å². The SMILES string of the molecule is O=C(CCN1CCN(C(=O)CCc2ccc(C(F)(F)F)cc2)CC1)c1ccc2[nH]c(=O)oc2c1.O=C(CCN1CCN(C(=O)CCc2ccc(OC(F)(F)F)cc2)CC1)c1ccc2[nH]c(=O)oc2c1.O=C(CCN1CCN(S(=O)(=O)CCc2ccc(Cl)cc2)CC1)c1ccc2[nH]c(=O)oc2c1.O=C(CCN1CCNCC1)c1ccc2[nH]c(=O)oc2c1. The standard InChI is InChI=1S/C24H24F3N3O5.C24H24F3N3O4.C22H24ClN3O5S.C14H17N3O3/c25-24(26,27)35-18-5-1-16(2-6-18)3-8-22(32)30-13-11-29(12-14-30)10-9-20(31)17-4-7-19-21(15-17)34-23(33)28-19;25-24(26,27)18-5-1-16(2-6-18)3-8-22(32)30-13-11-29(12-14-30)10-9-20(31)17-4-7-19-21(15-17)34-23(33)28-19;23-18-4-1-16(2-5-18)8-14-32(29,30)26-12-10-25(11-13-26)9-7-20(27)17-3-6-19-21(15-17)31-22(28)24-19;18-12(3-6-17-7-4-15-5-8-17)10-1-2-11-13(9-10)20-14(19)16-11/h1-2,4-7,15H,3,8-14H2,(H,28,33);1-2,4-7,15H,3,8-14H2,(H,28,33);1-6,15H,7-14H2,(H,24,28);1-2,9,15H,3-8H2,(H,16,19). The van der Waals surface area contributed by atoms with Crippen molar-refractivity contribution in [3.8, 4) is 5.75 Å². The van der Waals surface area contributed by atoms with Crippen LogP contribution in [-0.2, 0) is 45.1 Å². The summed E-state index contributed by atoms with van der Waals surface area (Å²) in [7, 11) is -3.34. The van der Waals surface area contributed by atoms with Gasteiger partial charge in [0.05, 0.1) is 33.4 Å². The number of hydrogen-bond acceptors (Lipinski definition) is 22. The van der Waals surface area contributed by atoms with E-state index >= 15 is 0 Å². The number of halogens is 7. The van der Waals surface area contributed by atoms with E-state index in [0.29, 0.717) is 220 Å². The summed E-state index contributed by atoms with van der Waals surface area (Å²) >= 11 is 5.87. The summed E-state index contributed by atoms with van der Waals surface area (Å²) in [5, 5.41) is 3.91. The number of piperazine rings is 4. The zero-order valence-corrected chi connectivity index (χ0v) is 67.3. The highest BCUT2D eigenvalue weighted by molar-refractivity contribution is 7.89. The van der Waals surface area contributed by atoms with Gasteiger partial charge in [-0.05, 0) is 145 Å². The van der Waals surface area contributed by atoms with E-state index in [-0.39, 0.29) is 59.3 Å². The van der Waals surface area contributed by atoms with E-state index in [9.17, 15) is 82.7 Å². The van der Waals surface area contributed by atoms with Gasteiger partial charge < -0.3 is 47.3 Å². The predicted octanol–water partition coefficient (Wildman–Crippen LogP) is 10.00. The van der Waals surface area contributed by atoms with Gasteiger partial charge in [-0.3, -0.25) is 58.5 Å². The van der Waals surface area contributed by atoms with Crippen LogP contribution in [-0.4, -0.2) is 240 Å². The van der Waals surface area contributed by atoms with Crippen LogP contribution in [0.5, 0.6) is 5.75 Å². The molecule has 0 saturated carbocycles. The number of benzene rings is 7. The lowest BCUT2D eigenvalue weighted by Gasteiger charge is -2.34. The number of ether oxygens (including phenoxy) is 1. The topological polar surface area (TPSA) is 364 Å². The summed E-state index contributed by atoms with van der Waals surface area (Å²) in [5.74, 6) is -2.53. The Kier molecular flexibility index (Phi) is 30.0. The molecule has 0 spiro atoms. The van der Waals surface area contributed by atoms with Crippen molar-refractivity contribution in [3.05, 3.63) is 237 Å². The van der Waals surface area contributed by atoms with Crippen LogP contribution in [0.25, 0.3) is 44.4 Å². The molecule has 0 radical (unpaired) electrons. The Morgan fingerprint density at radius 2 is 0.702 bits per heavy atom. The largest absolute Gasteiger partial charge is 0.573 e. The van der Waals surface area contributed by atoms with Crippen molar-refractivity contribution >= 4 is 101 Å². The first-order valence-corrected chi connectivity index (χ1v) is 41.4. The zero-order chi connectivity index (χ0) is 86.0. The number of nitrogens with zero attached hydrogens (tertiary/aromatic N) is 7. The average molecular weight is 1720 g/mol. The normalized spacial score (nSPS) is 15.5. The number of aryl methyl sites for hydroxylation is 3. The number of aromatic amines is 4. The van der Waals surface area contributed by atoms with Crippen molar-refractivity contribution in [2.75, 3.05) is 137 Å². The Labute approximate surface area is 692 Å². The van der Waals surface area contributed by atoms with E-state index in [1.807, 2.05) is 12.1 Å². The van der Waals surface area contributed by atoms with Crippen molar-refractivity contribution in [1.29, 1.82) is 0 Å². The molecule has 121 heavy (non-hydrogen) atoms. The van der Waals surface area contributed by atoms with Gasteiger partial charge in [0.1, 0.15) is 5.75 Å². The third kappa shape index (κ3) is 26.1. The molecule has 4 saturated heterocycles. The van der Waals surface area contributed by atoms with Crippen molar-refractivity contribution in [2.24, 2.45) is 0 Å². The highest BCUT2D eigenvalue weighted by Gasteiger charge is 2.33. The maximum Gasteiger partial charge on any atom is 0.573 e. The van der Waals surface area contributed by atoms with Crippen molar-refractivity contribution in [2.45, 2.75) is 70.3 Å². The fourth-order valence-electron chi connectivity index (χ4n) is 14.3. The summed E-state index contributed by atoms with van der Waals surface area (Å²) in [6.07, 6.45) is -5.94. The van der Waals surface area contributed by atoms with Gasteiger partial charge in [-0.25, -0.2) is 27.6 Å². The maximum absolute atomic E-state index is 12.7. The van der Waals surface area contributed by atoms with Gasteiger partial charge in [-0.2, -0.15) is 17.5 Å². The number of Topliss-reactive ketones (excluding diaryl/α,β-unsaturated/α-hetero) is 4. The van der Waals surface area contributed by atoms with E-state index in [1.54, 1.807) is 94.7 Å². The molecular weight excluding hydrogens is 1630 g/mol. The third-order valence-corrected chi connectivity index (χ3v) is 23.4. The van der Waals surface area contributed by atoms with Gasteiger partial charge in [-0.15, -0.1) is 13.2 Å². The second kappa shape index (κ2) is 40.8. The number of rotatable bonds is 27. The monoisotopic (exact) mass is 1720 g/mol. The second-order valence-corrected chi connectivity index (χ2v) is 32.0. The number of amides is 2. The van der Waals surface area contributed by atoms with Crippen LogP contribution in [0.15, 0.2) is 182 Å². The molecule has 7 aromatic carbocycles. The molecule has 0 atom stereocenters. The van der Waals surface area contributed by atoms with E-state index in [1.165, 1.54) is 40.7 Å². The number of aromatic nitrogens is 4. The number of fused-ring (bicyclic) bond motifs is 4. The summed E-state index contributed by atoms with van der Waals surface area (Å²) in [6, 6.07) is 37.3. The molecule has 0 unspecified atom stereocenters. The molecular formula is C84H89ClF6N12O17S. The van der Waals surface area contributed by atoms with Crippen LogP contribution in [0.2, 0.25) is 5.02 Å². The van der Waals surface area contributed by atoms with Gasteiger partial charge in [0.25, 0.3) is 0 Å². The number of H-pyrrole nitrogens is 4. The lowest BCUT2D eigenvalue weighted by molar-refractivity contribution is -0.274. The highest BCUT2D eigenvalue weighted by Crippen LogP contribution is 2.30. The van der Waals surface area contributed by atoms with Gasteiger partial charge in [0, 0.05) is 197 Å². The lowest BCUT2D eigenvalue weighted by Crippen LogP contribution is -2.49. The van der Waals surface area contributed by atoms with Gasteiger partial charge in [0.2, 0.25) is 21.8 Å². The van der Waals surface area contributed by atoms with Crippen LogP contribution in [0.3, 0.4) is 0 Å². The van der Waals surface area contributed by atoms with Gasteiger partial charge in [-0.1, -0.05) is 48.0 Å². The summed E-state index contributed by atoms with van der Waals surface area (Å²) in [4.78, 5) is 142. The highest BCUT2D eigenvalue weighted by atomic mass is 35.5. The van der Waals surface area contributed by atoms with E-state index in [2.05, 4.69) is 49.6 Å². The van der Waals surface area contributed by atoms with Crippen LogP contribution in [0, 0.1) is 0 Å². The first kappa shape index (κ1) is 88.9. The smallest absolute Gasteiger partial charge is 0.408 e. The molecule has 2 amide bonds. The molecule has 642 valence electrons. The zero-order valence-electron chi connectivity index (χ0n) is 65.7. The summed E-state index contributed by atoms with van der Waals surface area (Å²) in [5.41, 5.74) is 7.46. The molecule has 29 nitrogen and oxygen atoms in total. The fraction of sp³-hybridized carbons (Fsp3) is 0.381. The summed E-state index contributed by atoms with van der Waals surface area (Å²) < 4.78 is 125. The van der Waals surface area contributed by atoms with E-state index < -0.39 is 51.1 Å². The summed E-state index contributed by atoms with van der Waals surface area (Å²) in [6.45, 7) is 13.1. The third-order valence-electron chi connectivity index (χ3n) is 21.2. The quantitative estimate of drug-likeness (QED) is 0.0236. The molecule has 0 aliphatic carbocycles. The first-order chi connectivity index (χ1) is 57.9. The molecule has 5 N–H and O–H groups in total. The number of hydrogen-bond donors (Lipinski definition) is 5. The van der Waals surface area contributed by atoms with E-state index in [0.717, 1.165) is 56.0 Å². The Balaban J connectivity index is 0.000000150. The Morgan fingerprint density at radius 1 is 0.388 bits per heavy atom. The van der Waals surface area contributed by atoms with Crippen LogP contribution in [0.1, 0.15) is 102 Å². The number of nitrogens with one attached hydrogen (secondary N) is 5. The van der Waals surface area contributed by atoms with Crippen molar-refractivity contribution in [1.82, 2.24) is 59.0 Å². The molecule has 8 heterocycles. The number of carbonyl (C=O) groups excluding carboxylic acids is 6. The fourth-order valence-corrected chi connectivity index (χ4v) is 15.9. The number of carbonyl (C=O) groups is 6. The predicted molar refractivity (Wildman–Crippen MR) is 437 cm³/mol. The van der Waals surface area contributed by atoms with Crippen LogP contribution in [0.4, 0.5) is 26.3 Å². The minimum Gasteiger partial charge on any atom is -0.408 e. The number of oxazole rings is 4. The molecule has 4 fully saturated rings. The second-order valence-electron chi connectivity index (χ2n) is 29.5. The Hall–Kier alpha value is -11.4. The maximum atomic E-state index is 12.7. The Bertz CT molecular complexity index is 5790. The molecule has 15 rings (SSSR count). The minimum absolute atomic E-state index is 0.0161. The molecule has 11 aromatic rings. The van der Waals surface area contributed by atoms with Crippen molar-refractivity contribution < 1.29 is 85.9 Å². The average Bonchev–Trinajstić information content (AvgIpc) is 1.67. The minimum atomic E-state index is -4.73. The molecule has 37 heteroatoms. The lowest BCUT2D eigenvalue weighted by atomic mass is 10.1. The number of ketones is 4. The van der Waals surface area contributed by atoms with Crippen LogP contribution < -0.4 is 33.1 Å².